The maximum absolute atomic E-state index is 12.6. The highest BCUT2D eigenvalue weighted by Gasteiger charge is 2.31. The molecule has 0 bridgehead atoms. The molecule has 0 fully saturated rings. The highest BCUT2D eigenvalue weighted by Crippen LogP contribution is 2.32. The van der Waals surface area contributed by atoms with Gasteiger partial charge >= 0.3 is 0 Å². The molecule has 0 heterocycles. The number of carbonyl (C=O) groups excluding carboxylic acids is 1. The van der Waals surface area contributed by atoms with Crippen LogP contribution in [0.1, 0.15) is 36.0 Å². The van der Waals surface area contributed by atoms with Crippen LogP contribution >= 0.6 is 15.9 Å². The van der Waals surface area contributed by atoms with Crippen LogP contribution in [0.2, 0.25) is 0 Å². The van der Waals surface area contributed by atoms with E-state index >= 15 is 0 Å². The summed E-state index contributed by atoms with van der Waals surface area (Å²) in [4.78, 5) is 12.6. The minimum Gasteiger partial charge on any atom is -0.354 e. The van der Waals surface area contributed by atoms with E-state index in [1.165, 1.54) is 11.1 Å². The fourth-order valence-electron chi connectivity index (χ4n) is 3.18. The van der Waals surface area contributed by atoms with Crippen molar-refractivity contribution in [2.45, 2.75) is 31.2 Å². The molecule has 3 rings (SSSR count). The summed E-state index contributed by atoms with van der Waals surface area (Å²) in [5.74, 6) is 0.250. The maximum Gasteiger partial charge on any atom is 0.244 e. The zero-order valence-electron chi connectivity index (χ0n) is 13.2. The Balaban J connectivity index is 1.66. The number of hydrogen-bond donors (Lipinski definition) is 2. The minimum atomic E-state index is -1.03. The molecule has 120 valence electrons. The van der Waals surface area contributed by atoms with Crippen molar-refractivity contribution in [3.63, 3.8) is 0 Å². The smallest absolute Gasteiger partial charge is 0.244 e. The van der Waals surface area contributed by atoms with Gasteiger partial charge in [-0.15, -0.1) is 0 Å². The molecule has 0 radical (unpaired) electrons. The Labute approximate surface area is 145 Å². The van der Waals surface area contributed by atoms with Gasteiger partial charge in [0.05, 0.1) is 0 Å². The average Bonchev–Trinajstić information content (AvgIpc) is 2.96. The number of aryl methyl sites for hydroxylation is 1. The lowest BCUT2D eigenvalue weighted by atomic mass is 9.92. The zero-order valence-corrected chi connectivity index (χ0v) is 14.8. The van der Waals surface area contributed by atoms with Crippen LogP contribution in [-0.2, 0) is 16.8 Å². The molecule has 2 unspecified atom stereocenters. The van der Waals surface area contributed by atoms with E-state index in [0.29, 0.717) is 12.5 Å². The number of fused-ring (bicyclic) bond motifs is 1. The van der Waals surface area contributed by atoms with Crippen molar-refractivity contribution >= 4 is 21.8 Å². The van der Waals surface area contributed by atoms with Gasteiger partial charge in [-0.05, 0) is 48.6 Å². The molecule has 1 amide bonds. The molecule has 1 aliphatic rings. The fourth-order valence-corrected chi connectivity index (χ4v) is 3.45. The van der Waals surface area contributed by atoms with Crippen LogP contribution in [0, 0.1) is 0 Å². The van der Waals surface area contributed by atoms with Crippen LogP contribution in [0.5, 0.6) is 0 Å². The summed E-state index contributed by atoms with van der Waals surface area (Å²) in [7, 11) is 0. The first-order valence-corrected chi connectivity index (χ1v) is 8.69. The summed E-state index contributed by atoms with van der Waals surface area (Å²) in [5, 5.41) is 3.04. The van der Waals surface area contributed by atoms with Crippen molar-refractivity contribution < 1.29 is 4.79 Å². The molecule has 0 aromatic heterocycles. The van der Waals surface area contributed by atoms with Gasteiger partial charge < -0.3 is 11.1 Å². The summed E-state index contributed by atoms with van der Waals surface area (Å²) in [5.41, 5.74) is 8.82. The number of amides is 1. The van der Waals surface area contributed by atoms with Gasteiger partial charge in [0.1, 0.15) is 5.54 Å². The third-order valence-electron chi connectivity index (χ3n) is 4.68. The number of hydrogen-bond acceptors (Lipinski definition) is 2. The lowest BCUT2D eigenvalue weighted by Crippen LogP contribution is -2.49. The number of benzene rings is 2. The van der Waals surface area contributed by atoms with Gasteiger partial charge in [0.25, 0.3) is 0 Å². The van der Waals surface area contributed by atoms with Crippen LogP contribution < -0.4 is 11.1 Å². The third-order valence-corrected chi connectivity index (χ3v) is 5.21. The maximum atomic E-state index is 12.6. The first-order chi connectivity index (χ1) is 11.0. The molecular formula is C19H21BrN2O. The molecule has 2 atom stereocenters. The SMILES string of the molecule is CC(N)(C(=O)NCC1CCc2ccccc21)c1ccc(Br)cc1. The van der Waals surface area contributed by atoms with Crippen LogP contribution in [-0.4, -0.2) is 12.5 Å². The highest BCUT2D eigenvalue weighted by molar-refractivity contribution is 9.10. The van der Waals surface area contributed by atoms with Crippen LogP contribution in [0.3, 0.4) is 0 Å². The third kappa shape index (κ3) is 3.33. The quantitative estimate of drug-likeness (QED) is 0.862. The topological polar surface area (TPSA) is 55.1 Å². The summed E-state index contributed by atoms with van der Waals surface area (Å²) in [6, 6.07) is 16.0. The van der Waals surface area contributed by atoms with Gasteiger partial charge in [-0.3, -0.25) is 4.79 Å². The number of carbonyl (C=O) groups is 1. The Morgan fingerprint density at radius 3 is 2.70 bits per heavy atom. The molecule has 0 saturated heterocycles. The van der Waals surface area contributed by atoms with Crippen molar-refractivity contribution in [2.75, 3.05) is 6.54 Å². The first-order valence-electron chi connectivity index (χ1n) is 7.89. The number of nitrogens with one attached hydrogen (secondary N) is 1. The second kappa shape index (κ2) is 6.46. The van der Waals surface area contributed by atoms with Gasteiger partial charge in [0, 0.05) is 16.9 Å². The predicted molar refractivity (Wildman–Crippen MR) is 96.2 cm³/mol. The van der Waals surface area contributed by atoms with Crippen molar-refractivity contribution in [1.82, 2.24) is 5.32 Å². The van der Waals surface area contributed by atoms with E-state index < -0.39 is 5.54 Å². The lowest BCUT2D eigenvalue weighted by Gasteiger charge is -2.25. The summed E-state index contributed by atoms with van der Waals surface area (Å²) >= 11 is 3.40. The van der Waals surface area contributed by atoms with E-state index in [0.717, 1.165) is 22.9 Å². The van der Waals surface area contributed by atoms with Gasteiger partial charge in [-0.25, -0.2) is 0 Å². The van der Waals surface area contributed by atoms with E-state index in [2.05, 4.69) is 45.5 Å². The molecule has 1 aliphatic carbocycles. The van der Waals surface area contributed by atoms with Gasteiger partial charge in [0.2, 0.25) is 5.91 Å². The number of rotatable bonds is 4. The minimum absolute atomic E-state index is 0.135. The summed E-state index contributed by atoms with van der Waals surface area (Å²) < 4.78 is 0.972. The van der Waals surface area contributed by atoms with Crippen LogP contribution in [0.4, 0.5) is 0 Å². The largest absolute Gasteiger partial charge is 0.354 e. The van der Waals surface area contributed by atoms with Crippen molar-refractivity contribution in [2.24, 2.45) is 5.73 Å². The Morgan fingerprint density at radius 2 is 1.96 bits per heavy atom. The number of halogens is 1. The molecule has 0 aliphatic heterocycles. The van der Waals surface area contributed by atoms with E-state index in [4.69, 9.17) is 5.73 Å². The second-order valence-corrected chi connectivity index (χ2v) is 7.27. The van der Waals surface area contributed by atoms with Crippen LogP contribution in [0.15, 0.2) is 53.0 Å². The Morgan fingerprint density at radius 1 is 1.26 bits per heavy atom. The van der Waals surface area contributed by atoms with Gasteiger partial charge in [-0.1, -0.05) is 52.3 Å². The first kappa shape index (κ1) is 16.2. The van der Waals surface area contributed by atoms with Gasteiger partial charge in [-0.2, -0.15) is 0 Å². The predicted octanol–water partition coefficient (Wildman–Crippen LogP) is 3.47. The van der Waals surface area contributed by atoms with Crippen molar-refractivity contribution in [3.05, 3.63) is 69.7 Å². The Hall–Kier alpha value is -1.65. The molecule has 23 heavy (non-hydrogen) atoms. The van der Waals surface area contributed by atoms with Gasteiger partial charge in [0.15, 0.2) is 0 Å². The molecule has 0 saturated carbocycles. The Kier molecular flexibility index (Phi) is 4.55. The molecule has 0 spiro atoms. The van der Waals surface area contributed by atoms with Crippen molar-refractivity contribution in [3.8, 4) is 0 Å². The number of nitrogens with two attached hydrogens (primary N) is 1. The Bertz CT molecular complexity index is 710. The fraction of sp³-hybridized carbons (Fsp3) is 0.316. The second-order valence-electron chi connectivity index (χ2n) is 6.35. The van der Waals surface area contributed by atoms with Crippen LogP contribution in [0.25, 0.3) is 0 Å². The standard InChI is InChI=1S/C19H21BrN2O/c1-19(21,15-8-10-16(20)11-9-15)18(23)22-12-14-7-6-13-4-2-3-5-17(13)14/h2-5,8-11,14H,6-7,12,21H2,1H3,(H,22,23). The summed E-state index contributed by atoms with van der Waals surface area (Å²) in [6.07, 6.45) is 2.17. The molecular weight excluding hydrogens is 352 g/mol. The van der Waals surface area contributed by atoms with E-state index in [-0.39, 0.29) is 5.91 Å². The molecule has 4 heteroatoms. The highest BCUT2D eigenvalue weighted by atomic mass is 79.9. The summed E-state index contributed by atoms with van der Waals surface area (Å²) in [6.45, 7) is 2.40. The zero-order chi connectivity index (χ0) is 16.4. The monoisotopic (exact) mass is 372 g/mol. The normalized spacial score (nSPS) is 19.0. The average molecular weight is 373 g/mol. The van der Waals surface area contributed by atoms with E-state index in [1.807, 2.05) is 24.3 Å². The molecule has 3 N–H and O–H groups in total. The van der Waals surface area contributed by atoms with Crippen molar-refractivity contribution in [1.29, 1.82) is 0 Å². The van der Waals surface area contributed by atoms with E-state index in [1.54, 1.807) is 6.92 Å². The molecule has 3 nitrogen and oxygen atoms in total. The lowest BCUT2D eigenvalue weighted by molar-refractivity contribution is -0.126. The molecule has 2 aromatic rings. The molecule has 2 aromatic carbocycles. The van der Waals surface area contributed by atoms with E-state index in [9.17, 15) is 4.79 Å².